The number of ether oxygens (including phenoxy) is 1. The molecular formula is C14H26O2. The van der Waals surface area contributed by atoms with Crippen molar-refractivity contribution in [3.05, 3.63) is 0 Å². The molecule has 2 rings (SSSR count). The van der Waals surface area contributed by atoms with Gasteiger partial charge >= 0.3 is 0 Å². The van der Waals surface area contributed by atoms with Gasteiger partial charge in [-0.1, -0.05) is 32.1 Å². The molecular weight excluding hydrogens is 200 g/mol. The summed E-state index contributed by atoms with van der Waals surface area (Å²) in [4.78, 5) is 0. The van der Waals surface area contributed by atoms with Gasteiger partial charge in [-0.05, 0) is 38.5 Å². The van der Waals surface area contributed by atoms with Gasteiger partial charge in [-0.2, -0.15) is 0 Å². The molecule has 2 aliphatic carbocycles. The van der Waals surface area contributed by atoms with Gasteiger partial charge in [0.15, 0.2) is 0 Å². The average molecular weight is 226 g/mol. The topological polar surface area (TPSA) is 29.5 Å². The van der Waals surface area contributed by atoms with Crippen molar-refractivity contribution in [2.24, 2.45) is 5.92 Å². The van der Waals surface area contributed by atoms with E-state index in [0.29, 0.717) is 5.92 Å². The van der Waals surface area contributed by atoms with Crippen molar-refractivity contribution < 1.29 is 9.84 Å². The number of hydrogen-bond donors (Lipinski definition) is 1. The summed E-state index contributed by atoms with van der Waals surface area (Å²) in [5, 5.41) is 10.6. The summed E-state index contributed by atoms with van der Waals surface area (Å²) in [6.07, 6.45) is 10.7. The van der Waals surface area contributed by atoms with E-state index in [4.69, 9.17) is 4.74 Å². The van der Waals surface area contributed by atoms with Gasteiger partial charge in [0.05, 0.1) is 11.7 Å². The second-order valence-corrected chi connectivity index (χ2v) is 5.55. The van der Waals surface area contributed by atoms with Crippen LogP contribution in [-0.4, -0.2) is 23.4 Å². The standard InChI is InChI=1S/C14H26O2/c1-2-16-14(10-6-3-7-11-14)13(15)12-8-4-5-9-12/h12-13,15H,2-11H2,1H3. The summed E-state index contributed by atoms with van der Waals surface area (Å²) in [6, 6.07) is 0. The fourth-order valence-electron chi connectivity index (χ4n) is 3.67. The number of aliphatic hydroxyl groups is 1. The van der Waals surface area contributed by atoms with E-state index < -0.39 is 0 Å². The van der Waals surface area contributed by atoms with E-state index in [1.165, 1.54) is 44.9 Å². The molecule has 1 N–H and O–H groups in total. The zero-order valence-electron chi connectivity index (χ0n) is 10.6. The quantitative estimate of drug-likeness (QED) is 0.797. The van der Waals surface area contributed by atoms with Crippen LogP contribution in [-0.2, 0) is 4.74 Å². The Morgan fingerprint density at radius 2 is 1.75 bits per heavy atom. The van der Waals surface area contributed by atoms with Gasteiger partial charge in [0, 0.05) is 6.61 Å². The summed E-state index contributed by atoms with van der Waals surface area (Å²) in [5.41, 5.74) is -0.192. The van der Waals surface area contributed by atoms with Crippen molar-refractivity contribution in [2.75, 3.05) is 6.61 Å². The van der Waals surface area contributed by atoms with Crippen LogP contribution in [0.3, 0.4) is 0 Å². The minimum absolute atomic E-state index is 0.192. The Labute approximate surface area is 99.4 Å². The Kier molecular flexibility index (Phi) is 4.26. The second kappa shape index (κ2) is 5.50. The first kappa shape index (κ1) is 12.4. The molecule has 0 aromatic carbocycles. The van der Waals surface area contributed by atoms with Gasteiger partial charge in [-0.3, -0.25) is 0 Å². The highest BCUT2D eigenvalue weighted by atomic mass is 16.5. The lowest BCUT2D eigenvalue weighted by atomic mass is 9.75. The molecule has 0 aliphatic heterocycles. The lowest BCUT2D eigenvalue weighted by molar-refractivity contribution is -0.156. The van der Waals surface area contributed by atoms with Crippen molar-refractivity contribution in [3.63, 3.8) is 0 Å². The predicted molar refractivity (Wildman–Crippen MR) is 65.4 cm³/mol. The molecule has 0 spiro atoms. The molecule has 0 amide bonds. The Morgan fingerprint density at radius 3 is 2.31 bits per heavy atom. The molecule has 2 heteroatoms. The maximum absolute atomic E-state index is 10.6. The third-order valence-corrected chi connectivity index (χ3v) is 4.52. The minimum atomic E-state index is -0.213. The maximum atomic E-state index is 10.6. The molecule has 1 atom stereocenters. The van der Waals surface area contributed by atoms with Crippen molar-refractivity contribution in [1.29, 1.82) is 0 Å². The van der Waals surface area contributed by atoms with Gasteiger partial charge in [0.1, 0.15) is 0 Å². The second-order valence-electron chi connectivity index (χ2n) is 5.55. The lowest BCUT2D eigenvalue weighted by Gasteiger charge is -2.43. The van der Waals surface area contributed by atoms with Crippen LogP contribution >= 0.6 is 0 Å². The summed E-state index contributed by atoms with van der Waals surface area (Å²) in [7, 11) is 0. The Bertz CT molecular complexity index is 197. The van der Waals surface area contributed by atoms with Crippen molar-refractivity contribution in [2.45, 2.75) is 76.4 Å². The van der Waals surface area contributed by atoms with Gasteiger partial charge in [-0.15, -0.1) is 0 Å². The zero-order chi connectivity index (χ0) is 11.4. The number of hydrogen-bond acceptors (Lipinski definition) is 2. The smallest absolute Gasteiger partial charge is 0.0942 e. The molecule has 2 nitrogen and oxygen atoms in total. The van der Waals surface area contributed by atoms with E-state index in [1.54, 1.807) is 0 Å². The van der Waals surface area contributed by atoms with Crippen molar-refractivity contribution >= 4 is 0 Å². The predicted octanol–water partition coefficient (Wildman–Crippen LogP) is 3.28. The summed E-state index contributed by atoms with van der Waals surface area (Å²) in [6.45, 7) is 2.79. The van der Waals surface area contributed by atoms with Crippen LogP contribution in [0, 0.1) is 5.92 Å². The van der Waals surface area contributed by atoms with Crippen LogP contribution in [0.5, 0.6) is 0 Å². The molecule has 0 saturated heterocycles. The highest BCUT2D eigenvalue weighted by Gasteiger charge is 2.43. The Hall–Kier alpha value is -0.0800. The molecule has 94 valence electrons. The monoisotopic (exact) mass is 226 g/mol. The van der Waals surface area contributed by atoms with Crippen LogP contribution in [0.25, 0.3) is 0 Å². The van der Waals surface area contributed by atoms with Crippen LogP contribution in [0.1, 0.15) is 64.7 Å². The fraction of sp³-hybridized carbons (Fsp3) is 1.00. The summed E-state index contributed by atoms with van der Waals surface area (Å²) in [5.74, 6) is 0.504. The van der Waals surface area contributed by atoms with Crippen LogP contribution in [0.4, 0.5) is 0 Å². The molecule has 1 unspecified atom stereocenters. The van der Waals surface area contributed by atoms with Gasteiger partial charge < -0.3 is 9.84 Å². The molecule has 0 radical (unpaired) electrons. The molecule has 2 fully saturated rings. The van der Waals surface area contributed by atoms with Gasteiger partial charge in [-0.25, -0.2) is 0 Å². The molecule has 0 bridgehead atoms. The van der Waals surface area contributed by atoms with Crippen LogP contribution < -0.4 is 0 Å². The Morgan fingerprint density at radius 1 is 1.12 bits per heavy atom. The Balaban J connectivity index is 2.03. The summed E-state index contributed by atoms with van der Waals surface area (Å²) >= 11 is 0. The minimum Gasteiger partial charge on any atom is -0.390 e. The number of aliphatic hydroxyl groups excluding tert-OH is 1. The first-order chi connectivity index (χ1) is 7.78. The normalized spacial score (nSPS) is 28.1. The highest BCUT2D eigenvalue weighted by molar-refractivity contribution is 4.95. The molecule has 0 aromatic heterocycles. The van der Waals surface area contributed by atoms with E-state index in [2.05, 4.69) is 6.92 Å². The van der Waals surface area contributed by atoms with Gasteiger partial charge in [0.2, 0.25) is 0 Å². The van der Waals surface area contributed by atoms with Gasteiger partial charge in [0.25, 0.3) is 0 Å². The molecule has 16 heavy (non-hydrogen) atoms. The molecule has 0 heterocycles. The number of rotatable bonds is 4. The highest BCUT2D eigenvalue weighted by Crippen LogP contribution is 2.41. The molecule has 2 aliphatic rings. The SMILES string of the molecule is CCOC1(C(O)C2CCCC2)CCCCC1. The third-order valence-electron chi connectivity index (χ3n) is 4.52. The van der Waals surface area contributed by atoms with Crippen LogP contribution in [0.15, 0.2) is 0 Å². The van der Waals surface area contributed by atoms with E-state index in [0.717, 1.165) is 19.4 Å². The van der Waals surface area contributed by atoms with E-state index in [9.17, 15) is 5.11 Å². The first-order valence-electron chi connectivity index (χ1n) is 7.10. The van der Waals surface area contributed by atoms with Crippen molar-refractivity contribution in [1.82, 2.24) is 0 Å². The van der Waals surface area contributed by atoms with Crippen molar-refractivity contribution in [3.8, 4) is 0 Å². The largest absolute Gasteiger partial charge is 0.390 e. The fourth-order valence-corrected chi connectivity index (χ4v) is 3.67. The maximum Gasteiger partial charge on any atom is 0.0942 e. The van der Waals surface area contributed by atoms with E-state index in [1.807, 2.05) is 0 Å². The zero-order valence-corrected chi connectivity index (χ0v) is 10.6. The summed E-state index contributed by atoms with van der Waals surface area (Å²) < 4.78 is 5.99. The van der Waals surface area contributed by atoms with E-state index in [-0.39, 0.29) is 11.7 Å². The average Bonchev–Trinajstić information content (AvgIpc) is 2.83. The molecule has 0 aromatic rings. The molecule has 2 saturated carbocycles. The third kappa shape index (κ3) is 2.43. The van der Waals surface area contributed by atoms with Crippen LogP contribution in [0.2, 0.25) is 0 Å². The lowest BCUT2D eigenvalue weighted by Crippen LogP contribution is -2.49. The van der Waals surface area contributed by atoms with E-state index >= 15 is 0 Å². The first-order valence-corrected chi connectivity index (χ1v) is 7.10.